The van der Waals surface area contributed by atoms with E-state index in [0.29, 0.717) is 29.3 Å². The summed E-state index contributed by atoms with van der Waals surface area (Å²) in [6.07, 6.45) is 0. The molecule has 4 rings (SSSR count). The minimum Gasteiger partial charge on any atom is -0.475 e. The first kappa shape index (κ1) is 14.6. The Morgan fingerprint density at radius 3 is 2.04 bits per heavy atom. The van der Waals surface area contributed by atoms with Gasteiger partial charge in [-0.25, -0.2) is 9.89 Å². The fraction of sp³-hybridized carbons (Fsp3) is 0.211. The molecule has 2 aromatic rings. The van der Waals surface area contributed by atoms with Crippen LogP contribution in [0.25, 0.3) is 0 Å². The van der Waals surface area contributed by atoms with E-state index >= 15 is 0 Å². The van der Waals surface area contributed by atoms with E-state index in [1.54, 1.807) is 36.4 Å². The van der Waals surface area contributed by atoms with E-state index in [4.69, 9.17) is 4.74 Å². The maximum Gasteiger partial charge on any atom is 0.266 e. The van der Waals surface area contributed by atoms with Crippen LogP contribution in [0.1, 0.15) is 40.1 Å². The number of fused-ring (bicyclic) bond motifs is 1. The first-order chi connectivity index (χ1) is 11.5. The van der Waals surface area contributed by atoms with Crippen LogP contribution in [0.5, 0.6) is 0 Å². The fourth-order valence-corrected chi connectivity index (χ4v) is 2.91. The Kier molecular flexibility index (Phi) is 3.06. The second-order valence-corrected chi connectivity index (χ2v) is 6.56. The number of aliphatic imine (C=N–C) groups is 1. The molecule has 0 spiro atoms. The van der Waals surface area contributed by atoms with Crippen molar-refractivity contribution < 1.29 is 14.3 Å². The van der Waals surface area contributed by atoms with Gasteiger partial charge < -0.3 is 4.74 Å². The van der Waals surface area contributed by atoms with Crippen molar-refractivity contribution in [2.45, 2.75) is 19.4 Å². The number of nitrogens with zero attached hydrogens (tertiary/aromatic N) is 2. The van der Waals surface area contributed by atoms with Gasteiger partial charge >= 0.3 is 0 Å². The van der Waals surface area contributed by atoms with Gasteiger partial charge in [-0.3, -0.25) is 9.59 Å². The molecular formula is C19H16N2O3. The quantitative estimate of drug-likeness (QED) is 0.799. The molecular weight excluding hydrogens is 304 g/mol. The van der Waals surface area contributed by atoms with Crippen LogP contribution in [0.15, 0.2) is 53.5 Å². The van der Waals surface area contributed by atoms with Gasteiger partial charge in [-0.15, -0.1) is 0 Å². The Balaban J connectivity index is 1.65. The predicted molar refractivity (Wildman–Crippen MR) is 90.6 cm³/mol. The lowest BCUT2D eigenvalue weighted by Crippen LogP contribution is -2.29. The van der Waals surface area contributed by atoms with Gasteiger partial charge in [0.1, 0.15) is 6.61 Å². The predicted octanol–water partition coefficient (Wildman–Crippen LogP) is 3.04. The number of hydrogen-bond donors (Lipinski definition) is 0. The summed E-state index contributed by atoms with van der Waals surface area (Å²) in [7, 11) is 0. The molecule has 2 amide bonds. The van der Waals surface area contributed by atoms with Crippen molar-refractivity contribution in [1.82, 2.24) is 0 Å². The minimum atomic E-state index is -0.293. The van der Waals surface area contributed by atoms with Crippen molar-refractivity contribution in [3.8, 4) is 0 Å². The highest BCUT2D eigenvalue weighted by Crippen LogP contribution is 2.29. The van der Waals surface area contributed by atoms with Gasteiger partial charge in [0.15, 0.2) is 0 Å². The molecule has 0 fully saturated rings. The molecule has 0 bridgehead atoms. The average molecular weight is 320 g/mol. The second kappa shape index (κ2) is 5.03. The molecule has 0 aliphatic carbocycles. The van der Waals surface area contributed by atoms with Crippen LogP contribution in [-0.2, 0) is 4.74 Å². The van der Waals surface area contributed by atoms with Crippen molar-refractivity contribution in [1.29, 1.82) is 0 Å². The maximum absolute atomic E-state index is 12.5. The number of amides is 2. The van der Waals surface area contributed by atoms with Crippen LogP contribution in [-0.4, -0.2) is 29.9 Å². The Morgan fingerprint density at radius 1 is 0.958 bits per heavy atom. The zero-order chi connectivity index (χ0) is 16.9. The zero-order valence-corrected chi connectivity index (χ0v) is 13.4. The monoisotopic (exact) mass is 320 g/mol. The molecule has 2 aliphatic heterocycles. The third-order valence-corrected chi connectivity index (χ3v) is 4.13. The van der Waals surface area contributed by atoms with Crippen molar-refractivity contribution in [3.05, 3.63) is 65.2 Å². The molecule has 120 valence electrons. The van der Waals surface area contributed by atoms with Gasteiger partial charge in [0.2, 0.25) is 5.90 Å². The summed E-state index contributed by atoms with van der Waals surface area (Å²) in [5, 5.41) is 0. The third-order valence-electron chi connectivity index (χ3n) is 4.13. The smallest absolute Gasteiger partial charge is 0.266 e. The van der Waals surface area contributed by atoms with E-state index < -0.39 is 0 Å². The summed E-state index contributed by atoms with van der Waals surface area (Å²) < 4.78 is 5.62. The summed E-state index contributed by atoms with van der Waals surface area (Å²) >= 11 is 0. The molecule has 5 heteroatoms. The van der Waals surface area contributed by atoms with Gasteiger partial charge in [-0.05, 0) is 50.2 Å². The summed E-state index contributed by atoms with van der Waals surface area (Å²) in [5.74, 6) is 0.00629. The Bertz CT molecular complexity index is 847. The molecule has 0 radical (unpaired) electrons. The van der Waals surface area contributed by atoms with Crippen LogP contribution >= 0.6 is 0 Å². The number of ether oxygens (including phenoxy) is 1. The lowest BCUT2D eigenvalue weighted by atomic mass is 10.1. The summed E-state index contributed by atoms with van der Waals surface area (Å²) in [6, 6.07) is 14.0. The molecule has 5 nitrogen and oxygen atoms in total. The highest BCUT2D eigenvalue weighted by atomic mass is 16.5. The molecule has 0 saturated carbocycles. The first-order valence-corrected chi connectivity index (χ1v) is 7.77. The normalized spacial score (nSPS) is 18.4. The number of anilines is 1. The number of hydrogen-bond acceptors (Lipinski definition) is 4. The van der Waals surface area contributed by atoms with Crippen molar-refractivity contribution >= 4 is 23.4 Å². The van der Waals surface area contributed by atoms with Crippen LogP contribution in [0.2, 0.25) is 0 Å². The van der Waals surface area contributed by atoms with Crippen molar-refractivity contribution in [2.24, 2.45) is 4.99 Å². The molecule has 2 aromatic carbocycles. The van der Waals surface area contributed by atoms with Crippen LogP contribution in [0.3, 0.4) is 0 Å². The summed E-state index contributed by atoms with van der Waals surface area (Å²) in [4.78, 5) is 30.7. The SMILES string of the molecule is CC1(C)COC(c2ccc(N3C(=O)c4ccccc4C3=O)cc2)=N1. The lowest BCUT2D eigenvalue weighted by molar-refractivity contribution is 0.0926. The highest BCUT2D eigenvalue weighted by molar-refractivity contribution is 6.34. The molecule has 2 heterocycles. The highest BCUT2D eigenvalue weighted by Gasteiger charge is 2.36. The molecule has 0 atom stereocenters. The molecule has 0 N–H and O–H groups in total. The Labute approximate surface area is 139 Å². The van der Waals surface area contributed by atoms with Crippen LogP contribution in [0.4, 0.5) is 5.69 Å². The molecule has 0 saturated heterocycles. The standard InChI is InChI=1S/C19H16N2O3/c1-19(2)11-24-16(20-19)12-7-9-13(10-8-12)21-17(22)14-5-3-4-6-15(14)18(21)23/h3-10H,11H2,1-2H3. The number of benzene rings is 2. The van der Waals surface area contributed by atoms with E-state index in [0.717, 1.165) is 5.56 Å². The molecule has 0 unspecified atom stereocenters. The van der Waals surface area contributed by atoms with Crippen molar-refractivity contribution in [2.75, 3.05) is 11.5 Å². The van der Waals surface area contributed by atoms with Gasteiger partial charge in [-0.1, -0.05) is 12.1 Å². The van der Waals surface area contributed by atoms with E-state index in [1.807, 2.05) is 26.0 Å². The van der Waals surface area contributed by atoms with E-state index in [-0.39, 0.29) is 17.4 Å². The van der Waals surface area contributed by atoms with Gasteiger partial charge in [0.25, 0.3) is 11.8 Å². The Hall–Kier alpha value is -2.95. The van der Waals surface area contributed by atoms with E-state index in [9.17, 15) is 9.59 Å². The zero-order valence-electron chi connectivity index (χ0n) is 13.4. The van der Waals surface area contributed by atoms with Gasteiger partial charge in [0.05, 0.1) is 22.4 Å². The topological polar surface area (TPSA) is 59.0 Å². The summed E-state index contributed by atoms with van der Waals surface area (Å²) in [5.41, 5.74) is 2.04. The van der Waals surface area contributed by atoms with Crippen LogP contribution in [0, 0.1) is 0 Å². The first-order valence-electron chi connectivity index (χ1n) is 7.77. The largest absolute Gasteiger partial charge is 0.475 e. The molecule has 0 aromatic heterocycles. The lowest BCUT2D eigenvalue weighted by Gasteiger charge is -2.14. The number of imide groups is 1. The summed E-state index contributed by atoms with van der Waals surface area (Å²) in [6.45, 7) is 4.56. The fourth-order valence-electron chi connectivity index (χ4n) is 2.91. The average Bonchev–Trinajstić information content (AvgIpc) is 3.06. The Morgan fingerprint density at radius 2 is 1.54 bits per heavy atom. The third kappa shape index (κ3) is 2.21. The second-order valence-electron chi connectivity index (χ2n) is 6.56. The van der Waals surface area contributed by atoms with Crippen LogP contribution < -0.4 is 4.90 Å². The van der Waals surface area contributed by atoms with Gasteiger partial charge in [-0.2, -0.15) is 0 Å². The van der Waals surface area contributed by atoms with E-state index in [2.05, 4.69) is 4.99 Å². The number of carbonyl (C=O) groups excluding carboxylic acids is 2. The minimum absolute atomic E-state index is 0.226. The maximum atomic E-state index is 12.5. The van der Waals surface area contributed by atoms with Crippen molar-refractivity contribution in [3.63, 3.8) is 0 Å². The number of rotatable bonds is 2. The molecule has 24 heavy (non-hydrogen) atoms. The molecule has 2 aliphatic rings. The number of carbonyl (C=O) groups is 2. The van der Waals surface area contributed by atoms with E-state index in [1.165, 1.54) is 4.90 Å². The van der Waals surface area contributed by atoms with Gasteiger partial charge in [0, 0.05) is 5.56 Å².